The van der Waals surface area contributed by atoms with Gasteiger partial charge in [0.2, 0.25) is 0 Å². The van der Waals surface area contributed by atoms with E-state index in [1.807, 2.05) is 53.1 Å². The predicted octanol–water partition coefficient (Wildman–Crippen LogP) is 3.53. The van der Waals surface area contributed by atoms with Crippen LogP contribution >= 0.6 is 0 Å². The molecule has 0 spiro atoms. The van der Waals surface area contributed by atoms with E-state index in [9.17, 15) is 4.79 Å². The van der Waals surface area contributed by atoms with Crippen molar-refractivity contribution in [2.75, 3.05) is 18.5 Å². The molecule has 0 saturated carbocycles. The third-order valence-electron chi connectivity index (χ3n) is 4.43. The lowest BCUT2D eigenvalue weighted by Crippen LogP contribution is -2.26. The second kappa shape index (κ2) is 7.58. The number of amides is 1. The Bertz CT molecular complexity index is 867. The molecule has 6 heteroatoms. The highest BCUT2D eigenvalue weighted by molar-refractivity contribution is 6.04. The Balaban J connectivity index is 1.46. The van der Waals surface area contributed by atoms with Crippen LogP contribution in [-0.2, 0) is 4.74 Å². The first kappa shape index (κ1) is 16.6. The molecule has 1 amide bonds. The molecule has 0 unspecified atom stereocenters. The maximum atomic E-state index is 12.6. The molecule has 4 rings (SSSR count). The van der Waals surface area contributed by atoms with Crippen LogP contribution in [0.5, 0.6) is 5.75 Å². The summed E-state index contributed by atoms with van der Waals surface area (Å²) in [5, 5.41) is 2.89. The Kier molecular flexibility index (Phi) is 4.84. The zero-order valence-corrected chi connectivity index (χ0v) is 14.4. The molecule has 26 heavy (non-hydrogen) atoms. The number of imidazole rings is 1. The second-order valence-corrected chi connectivity index (χ2v) is 6.34. The fourth-order valence-corrected chi connectivity index (χ4v) is 3.05. The molecule has 0 radical (unpaired) electrons. The van der Waals surface area contributed by atoms with Gasteiger partial charge in [0, 0.05) is 19.0 Å². The topological polar surface area (TPSA) is 64.9 Å². The Morgan fingerprint density at radius 3 is 2.96 bits per heavy atom. The molecule has 0 aliphatic carbocycles. The van der Waals surface area contributed by atoms with Crippen molar-refractivity contribution in [1.82, 2.24) is 9.38 Å². The lowest BCUT2D eigenvalue weighted by Gasteiger charge is -2.23. The van der Waals surface area contributed by atoms with Crippen molar-refractivity contribution in [2.45, 2.75) is 25.4 Å². The lowest BCUT2D eigenvalue weighted by molar-refractivity contribution is -0.0109. The van der Waals surface area contributed by atoms with E-state index in [0.29, 0.717) is 23.7 Å². The van der Waals surface area contributed by atoms with E-state index in [-0.39, 0.29) is 12.0 Å². The van der Waals surface area contributed by atoms with E-state index >= 15 is 0 Å². The van der Waals surface area contributed by atoms with Crippen LogP contribution in [0.4, 0.5) is 5.69 Å². The van der Waals surface area contributed by atoms with Crippen molar-refractivity contribution in [2.24, 2.45) is 0 Å². The van der Waals surface area contributed by atoms with Gasteiger partial charge in [-0.05, 0) is 43.5 Å². The highest BCUT2D eigenvalue weighted by Crippen LogP contribution is 2.25. The van der Waals surface area contributed by atoms with Gasteiger partial charge in [0.05, 0.1) is 11.8 Å². The van der Waals surface area contributed by atoms with E-state index in [4.69, 9.17) is 9.47 Å². The van der Waals surface area contributed by atoms with Crippen LogP contribution in [-0.4, -0.2) is 34.6 Å². The number of nitrogens with one attached hydrogen (secondary N) is 1. The number of carbonyl (C=O) groups is 1. The van der Waals surface area contributed by atoms with Crippen LogP contribution < -0.4 is 10.1 Å². The zero-order valence-electron chi connectivity index (χ0n) is 14.4. The van der Waals surface area contributed by atoms with Gasteiger partial charge in [-0.3, -0.25) is 4.79 Å². The number of para-hydroxylation sites is 2. The number of ether oxygens (including phenoxy) is 2. The third-order valence-corrected chi connectivity index (χ3v) is 4.43. The Morgan fingerprint density at radius 1 is 1.23 bits per heavy atom. The van der Waals surface area contributed by atoms with Gasteiger partial charge >= 0.3 is 0 Å². The average Bonchev–Trinajstić information content (AvgIpc) is 3.12. The van der Waals surface area contributed by atoms with Crippen LogP contribution in [0.3, 0.4) is 0 Å². The van der Waals surface area contributed by atoms with Gasteiger partial charge in [0.25, 0.3) is 5.91 Å². The van der Waals surface area contributed by atoms with E-state index in [1.165, 1.54) is 6.42 Å². The molecular formula is C20H21N3O3. The fourth-order valence-electron chi connectivity index (χ4n) is 3.05. The Hall–Kier alpha value is -2.86. The zero-order chi connectivity index (χ0) is 17.8. The summed E-state index contributed by atoms with van der Waals surface area (Å²) in [5.74, 6) is 0.373. The fraction of sp³-hybridized carbons (Fsp3) is 0.300. The van der Waals surface area contributed by atoms with E-state index < -0.39 is 0 Å². The molecule has 1 saturated heterocycles. The standard InChI is InChI=1S/C20H21N3O3/c24-20(17-13-23-11-5-3-10-19(23)21-17)22-16-8-1-2-9-18(16)26-14-15-7-4-6-12-25-15/h1-3,5,8-11,13,15H,4,6-7,12,14H2,(H,22,24)/t15-/m1/s1. The van der Waals surface area contributed by atoms with Gasteiger partial charge in [-0.1, -0.05) is 18.2 Å². The van der Waals surface area contributed by atoms with Crippen molar-refractivity contribution in [3.05, 3.63) is 60.6 Å². The quantitative estimate of drug-likeness (QED) is 0.764. The minimum atomic E-state index is -0.265. The number of benzene rings is 1. The van der Waals surface area contributed by atoms with Crippen LogP contribution in [0, 0.1) is 0 Å². The summed E-state index contributed by atoms with van der Waals surface area (Å²) >= 11 is 0. The summed E-state index contributed by atoms with van der Waals surface area (Å²) in [7, 11) is 0. The molecule has 0 bridgehead atoms. The van der Waals surface area contributed by atoms with Crippen LogP contribution in [0.25, 0.3) is 5.65 Å². The highest BCUT2D eigenvalue weighted by Gasteiger charge is 2.17. The van der Waals surface area contributed by atoms with E-state index in [2.05, 4.69) is 10.3 Å². The van der Waals surface area contributed by atoms with Crippen LogP contribution in [0.2, 0.25) is 0 Å². The largest absolute Gasteiger partial charge is 0.489 e. The van der Waals surface area contributed by atoms with E-state index in [1.54, 1.807) is 6.20 Å². The number of carbonyl (C=O) groups excluding carboxylic acids is 1. The summed E-state index contributed by atoms with van der Waals surface area (Å²) in [6.45, 7) is 1.28. The third kappa shape index (κ3) is 3.70. The number of anilines is 1. The monoisotopic (exact) mass is 351 g/mol. The molecule has 134 valence electrons. The summed E-state index contributed by atoms with van der Waals surface area (Å²) in [4.78, 5) is 16.9. The molecule has 1 aliphatic rings. The molecule has 6 nitrogen and oxygen atoms in total. The minimum Gasteiger partial charge on any atom is -0.489 e. The highest BCUT2D eigenvalue weighted by atomic mass is 16.5. The number of hydrogen-bond acceptors (Lipinski definition) is 4. The van der Waals surface area contributed by atoms with Crippen LogP contribution in [0.1, 0.15) is 29.8 Å². The van der Waals surface area contributed by atoms with Gasteiger partial charge in [-0.2, -0.15) is 0 Å². The predicted molar refractivity (Wildman–Crippen MR) is 98.7 cm³/mol. The molecular weight excluding hydrogens is 330 g/mol. The SMILES string of the molecule is O=C(Nc1ccccc1OC[C@H]1CCCCO1)c1cn2ccccc2n1. The van der Waals surface area contributed by atoms with Crippen molar-refractivity contribution in [3.63, 3.8) is 0 Å². The number of rotatable bonds is 5. The first-order valence-corrected chi connectivity index (χ1v) is 8.88. The molecule has 1 aliphatic heterocycles. The Morgan fingerprint density at radius 2 is 2.12 bits per heavy atom. The summed E-state index contributed by atoms with van der Waals surface area (Å²) in [6.07, 6.45) is 6.98. The first-order chi connectivity index (χ1) is 12.8. The number of pyridine rings is 1. The summed E-state index contributed by atoms with van der Waals surface area (Å²) in [5.41, 5.74) is 1.73. The van der Waals surface area contributed by atoms with Crippen molar-refractivity contribution >= 4 is 17.2 Å². The maximum Gasteiger partial charge on any atom is 0.275 e. The number of fused-ring (bicyclic) bond motifs is 1. The van der Waals surface area contributed by atoms with E-state index in [0.717, 1.165) is 25.1 Å². The van der Waals surface area contributed by atoms with Crippen molar-refractivity contribution in [1.29, 1.82) is 0 Å². The maximum absolute atomic E-state index is 12.6. The normalized spacial score (nSPS) is 17.2. The second-order valence-electron chi connectivity index (χ2n) is 6.34. The average molecular weight is 351 g/mol. The number of hydrogen-bond donors (Lipinski definition) is 1. The minimum absolute atomic E-state index is 0.117. The number of nitrogens with zero attached hydrogens (tertiary/aromatic N) is 2. The molecule has 1 N–H and O–H groups in total. The van der Waals surface area contributed by atoms with Crippen molar-refractivity contribution < 1.29 is 14.3 Å². The number of aromatic nitrogens is 2. The van der Waals surface area contributed by atoms with Gasteiger partial charge < -0.3 is 19.2 Å². The summed E-state index contributed by atoms with van der Waals surface area (Å²) < 4.78 is 13.4. The lowest BCUT2D eigenvalue weighted by atomic mass is 10.1. The molecule has 1 atom stereocenters. The molecule has 1 fully saturated rings. The molecule has 2 aromatic heterocycles. The van der Waals surface area contributed by atoms with Gasteiger partial charge in [-0.25, -0.2) is 4.98 Å². The van der Waals surface area contributed by atoms with Gasteiger partial charge in [-0.15, -0.1) is 0 Å². The first-order valence-electron chi connectivity index (χ1n) is 8.88. The van der Waals surface area contributed by atoms with Gasteiger partial charge in [0.15, 0.2) is 0 Å². The molecule has 3 aromatic rings. The summed E-state index contributed by atoms with van der Waals surface area (Å²) in [6, 6.07) is 13.1. The smallest absolute Gasteiger partial charge is 0.275 e. The van der Waals surface area contributed by atoms with Gasteiger partial charge in [0.1, 0.15) is 23.7 Å². The molecule has 1 aromatic carbocycles. The van der Waals surface area contributed by atoms with Crippen molar-refractivity contribution in [3.8, 4) is 5.75 Å². The van der Waals surface area contributed by atoms with Crippen LogP contribution in [0.15, 0.2) is 54.9 Å². The molecule has 3 heterocycles. The Labute approximate surface area is 151 Å².